The summed E-state index contributed by atoms with van der Waals surface area (Å²) in [5, 5.41) is 0. The minimum atomic E-state index is -1.33. The van der Waals surface area contributed by atoms with Gasteiger partial charge >= 0.3 is 11.9 Å². The van der Waals surface area contributed by atoms with Gasteiger partial charge in [0.05, 0.1) is 17.6 Å². The van der Waals surface area contributed by atoms with Crippen molar-refractivity contribution in [3.05, 3.63) is 21.3 Å². The van der Waals surface area contributed by atoms with E-state index in [9.17, 15) is 9.59 Å². The first-order chi connectivity index (χ1) is 8.93. The molecule has 0 aromatic carbocycles. The third kappa shape index (κ3) is 3.94. The quantitative estimate of drug-likeness (QED) is 0.598. The fourth-order valence-corrected chi connectivity index (χ4v) is 2.85. The van der Waals surface area contributed by atoms with E-state index in [2.05, 4.69) is 0 Å². The van der Waals surface area contributed by atoms with Crippen molar-refractivity contribution >= 4 is 34.9 Å². The van der Waals surface area contributed by atoms with E-state index in [-0.39, 0.29) is 19.6 Å². The SMILES string of the molecule is CCOC(=O)C(C)(Cc1ccc(Cl)s1)C(=O)OCC. The molecule has 0 fully saturated rings. The summed E-state index contributed by atoms with van der Waals surface area (Å²) in [6.45, 7) is 5.38. The van der Waals surface area contributed by atoms with Crippen LogP contribution >= 0.6 is 22.9 Å². The Morgan fingerprint density at radius 1 is 1.21 bits per heavy atom. The molecule has 1 heterocycles. The van der Waals surface area contributed by atoms with Crippen molar-refractivity contribution in [3.8, 4) is 0 Å². The predicted molar refractivity (Wildman–Crippen MR) is 74.4 cm³/mol. The van der Waals surface area contributed by atoms with Crippen LogP contribution in [-0.4, -0.2) is 25.2 Å². The van der Waals surface area contributed by atoms with Crippen molar-refractivity contribution in [1.29, 1.82) is 0 Å². The summed E-state index contributed by atoms with van der Waals surface area (Å²) in [7, 11) is 0. The zero-order valence-corrected chi connectivity index (χ0v) is 12.8. The molecule has 1 aromatic rings. The Labute approximate surface area is 121 Å². The van der Waals surface area contributed by atoms with Crippen LogP contribution in [0.25, 0.3) is 0 Å². The van der Waals surface area contributed by atoms with Crippen LogP contribution in [0, 0.1) is 5.41 Å². The highest BCUT2D eigenvalue weighted by Gasteiger charge is 2.44. The van der Waals surface area contributed by atoms with E-state index in [1.807, 2.05) is 0 Å². The van der Waals surface area contributed by atoms with Gasteiger partial charge in [-0.15, -0.1) is 11.3 Å². The average molecular weight is 305 g/mol. The second-order valence-corrected chi connectivity index (χ2v) is 5.96. The lowest BCUT2D eigenvalue weighted by atomic mass is 9.86. The molecule has 0 aliphatic rings. The number of halogens is 1. The van der Waals surface area contributed by atoms with Crippen molar-refractivity contribution in [2.24, 2.45) is 5.41 Å². The fourth-order valence-electron chi connectivity index (χ4n) is 1.60. The second-order valence-electron chi connectivity index (χ2n) is 4.16. The fraction of sp³-hybridized carbons (Fsp3) is 0.538. The van der Waals surface area contributed by atoms with Crippen molar-refractivity contribution in [2.75, 3.05) is 13.2 Å². The molecular weight excluding hydrogens is 288 g/mol. The molecule has 0 atom stereocenters. The highest BCUT2D eigenvalue weighted by Crippen LogP contribution is 2.31. The Morgan fingerprint density at radius 2 is 1.74 bits per heavy atom. The van der Waals surface area contributed by atoms with Crippen molar-refractivity contribution in [3.63, 3.8) is 0 Å². The lowest BCUT2D eigenvalue weighted by Crippen LogP contribution is -2.41. The van der Waals surface area contributed by atoms with Crippen molar-refractivity contribution < 1.29 is 19.1 Å². The molecule has 0 aliphatic heterocycles. The van der Waals surface area contributed by atoms with Gasteiger partial charge in [0.1, 0.15) is 0 Å². The van der Waals surface area contributed by atoms with Crippen molar-refractivity contribution in [2.45, 2.75) is 27.2 Å². The molecule has 19 heavy (non-hydrogen) atoms. The highest BCUT2D eigenvalue weighted by atomic mass is 35.5. The van der Waals surface area contributed by atoms with Gasteiger partial charge in [0.25, 0.3) is 0 Å². The molecule has 0 radical (unpaired) electrons. The van der Waals surface area contributed by atoms with Gasteiger partial charge in [-0.05, 0) is 32.9 Å². The van der Waals surface area contributed by atoms with Gasteiger partial charge in [0, 0.05) is 11.3 Å². The van der Waals surface area contributed by atoms with Crippen LogP contribution in [0.15, 0.2) is 12.1 Å². The summed E-state index contributed by atoms with van der Waals surface area (Å²) in [6, 6.07) is 3.53. The molecule has 1 aromatic heterocycles. The summed E-state index contributed by atoms with van der Waals surface area (Å²) in [4.78, 5) is 24.9. The zero-order valence-electron chi connectivity index (χ0n) is 11.2. The summed E-state index contributed by atoms with van der Waals surface area (Å²) in [6.07, 6.45) is 0.224. The summed E-state index contributed by atoms with van der Waals surface area (Å²) < 4.78 is 10.6. The summed E-state index contributed by atoms with van der Waals surface area (Å²) in [5.74, 6) is -1.14. The maximum Gasteiger partial charge on any atom is 0.323 e. The lowest BCUT2D eigenvalue weighted by molar-refractivity contribution is -0.170. The Morgan fingerprint density at radius 3 is 2.11 bits per heavy atom. The number of thiophene rings is 1. The molecule has 6 heteroatoms. The Kier molecular flexibility index (Phi) is 5.82. The smallest absolute Gasteiger partial charge is 0.323 e. The minimum absolute atomic E-state index is 0.221. The number of carbonyl (C=O) groups excluding carboxylic acids is 2. The average Bonchev–Trinajstić information content (AvgIpc) is 2.75. The Bertz CT molecular complexity index is 437. The molecule has 0 saturated carbocycles. The molecule has 1 rings (SSSR count). The molecule has 0 aliphatic carbocycles. The third-order valence-corrected chi connectivity index (χ3v) is 3.84. The number of carbonyl (C=O) groups is 2. The normalized spacial score (nSPS) is 11.2. The van der Waals surface area contributed by atoms with E-state index < -0.39 is 17.4 Å². The van der Waals surface area contributed by atoms with Crippen LogP contribution in [0.1, 0.15) is 25.6 Å². The third-order valence-electron chi connectivity index (χ3n) is 2.61. The van der Waals surface area contributed by atoms with Gasteiger partial charge in [-0.1, -0.05) is 11.6 Å². The van der Waals surface area contributed by atoms with Gasteiger partial charge in [-0.2, -0.15) is 0 Å². The maximum absolute atomic E-state index is 12.0. The monoisotopic (exact) mass is 304 g/mol. The van der Waals surface area contributed by atoms with E-state index in [0.717, 1.165) is 4.88 Å². The molecule has 0 amide bonds. The first-order valence-corrected chi connectivity index (χ1v) is 7.22. The van der Waals surface area contributed by atoms with Crippen LogP contribution in [-0.2, 0) is 25.5 Å². The molecule has 0 spiro atoms. The molecular formula is C13H17ClO4S. The van der Waals surface area contributed by atoms with Crippen molar-refractivity contribution in [1.82, 2.24) is 0 Å². The topological polar surface area (TPSA) is 52.6 Å². The second kappa shape index (κ2) is 6.91. The van der Waals surface area contributed by atoms with Crippen LogP contribution in [0.5, 0.6) is 0 Å². The maximum atomic E-state index is 12.0. The van der Waals surface area contributed by atoms with Gasteiger partial charge in [-0.3, -0.25) is 9.59 Å². The first-order valence-electron chi connectivity index (χ1n) is 6.02. The number of hydrogen-bond acceptors (Lipinski definition) is 5. The molecule has 0 unspecified atom stereocenters. The zero-order chi connectivity index (χ0) is 14.5. The highest BCUT2D eigenvalue weighted by molar-refractivity contribution is 7.16. The van der Waals surface area contributed by atoms with E-state index in [1.165, 1.54) is 18.3 Å². The first kappa shape index (κ1) is 16.0. The molecule has 0 N–H and O–H groups in total. The number of ether oxygens (including phenoxy) is 2. The Hall–Kier alpha value is -1.07. The molecule has 106 valence electrons. The lowest BCUT2D eigenvalue weighted by Gasteiger charge is -2.24. The Balaban J connectivity index is 2.97. The van der Waals surface area contributed by atoms with Gasteiger partial charge in [-0.25, -0.2) is 0 Å². The standard InChI is InChI=1S/C13H17ClO4S/c1-4-17-11(15)13(3,12(16)18-5-2)8-9-6-7-10(14)19-9/h6-7H,4-5,8H2,1-3H3. The van der Waals surface area contributed by atoms with Gasteiger partial charge in [0.15, 0.2) is 5.41 Å². The van der Waals surface area contributed by atoms with Crippen LogP contribution in [0.2, 0.25) is 4.34 Å². The minimum Gasteiger partial charge on any atom is -0.465 e. The van der Waals surface area contributed by atoms with E-state index in [0.29, 0.717) is 4.34 Å². The van der Waals surface area contributed by atoms with E-state index in [1.54, 1.807) is 26.0 Å². The van der Waals surface area contributed by atoms with E-state index >= 15 is 0 Å². The molecule has 0 saturated heterocycles. The van der Waals surface area contributed by atoms with Crippen LogP contribution < -0.4 is 0 Å². The molecule has 4 nitrogen and oxygen atoms in total. The van der Waals surface area contributed by atoms with Gasteiger partial charge in [0.2, 0.25) is 0 Å². The van der Waals surface area contributed by atoms with Gasteiger partial charge < -0.3 is 9.47 Å². The number of hydrogen-bond donors (Lipinski definition) is 0. The predicted octanol–water partition coefficient (Wildman–Crippen LogP) is 3.08. The summed E-state index contributed by atoms with van der Waals surface area (Å²) >= 11 is 7.19. The summed E-state index contributed by atoms with van der Waals surface area (Å²) in [5.41, 5.74) is -1.33. The molecule has 0 bridgehead atoms. The van der Waals surface area contributed by atoms with E-state index in [4.69, 9.17) is 21.1 Å². The number of rotatable bonds is 6. The largest absolute Gasteiger partial charge is 0.465 e. The van der Waals surface area contributed by atoms with Crippen LogP contribution in [0.4, 0.5) is 0 Å². The van der Waals surface area contributed by atoms with Crippen LogP contribution in [0.3, 0.4) is 0 Å². The number of esters is 2.